The Morgan fingerprint density at radius 1 is 1.20 bits per heavy atom. The number of aryl methyl sites for hydroxylation is 1. The number of nitrogens with one attached hydrogen (secondary N) is 1. The first-order valence-corrected chi connectivity index (χ1v) is 7.14. The lowest BCUT2D eigenvalue weighted by molar-refractivity contribution is 0.583. The van der Waals surface area contributed by atoms with Gasteiger partial charge in [-0.05, 0) is 49.2 Å². The molecule has 0 amide bonds. The van der Waals surface area contributed by atoms with Crippen LogP contribution in [0.1, 0.15) is 22.7 Å². The number of hydrogen-bond acceptors (Lipinski definition) is 1. The van der Waals surface area contributed by atoms with Crippen LogP contribution in [0, 0.1) is 12.7 Å². The monoisotopic (exact) mass is 311 g/mol. The molecule has 0 aliphatic heterocycles. The van der Waals surface area contributed by atoms with E-state index in [-0.39, 0.29) is 11.9 Å². The lowest BCUT2D eigenvalue weighted by Crippen LogP contribution is -2.19. The van der Waals surface area contributed by atoms with Crippen molar-refractivity contribution in [1.82, 2.24) is 5.32 Å². The molecule has 0 radical (unpaired) electrons. The van der Waals surface area contributed by atoms with Gasteiger partial charge in [-0.25, -0.2) is 4.39 Å². The van der Waals surface area contributed by atoms with Crippen molar-refractivity contribution in [2.75, 3.05) is 7.05 Å². The van der Waals surface area contributed by atoms with E-state index in [1.807, 2.05) is 25.2 Å². The molecule has 106 valence electrons. The first kappa shape index (κ1) is 15.3. The molecule has 0 aliphatic rings. The van der Waals surface area contributed by atoms with E-state index in [0.717, 1.165) is 11.1 Å². The van der Waals surface area contributed by atoms with Crippen molar-refractivity contribution in [2.45, 2.75) is 19.4 Å². The van der Waals surface area contributed by atoms with Crippen LogP contribution in [-0.2, 0) is 6.42 Å². The van der Waals surface area contributed by atoms with Crippen molar-refractivity contribution in [3.8, 4) is 0 Å². The summed E-state index contributed by atoms with van der Waals surface area (Å²) in [6, 6.07) is 10.8. The minimum Gasteiger partial charge on any atom is -0.313 e. The molecular formula is C16H16Cl2FN. The second-order valence-corrected chi connectivity index (χ2v) is 5.55. The Hall–Kier alpha value is -1.09. The molecule has 0 bridgehead atoms. The number of rotatable bonds is 4. The number of halogens is 3. The second kappa shape index (κ2) is 6.57. The highest BCUT2D eigenvalue weighted by atomic mass is 35.5. The van der Waals surface area contributed by atoms with Gasteiger partial charge in [0.05, 0.1) is 10.0 Å². The molecule has 1 nitrogen and oxygen atoms in total. The summed E-state index contributed by atoms with van der Waals surface area (Å²) in [7, 11) is 1.88. The maximum Gasteiger partial charge on any atom is 0.126 e. The molecule has 2 rings (SSSR count). The highest BCUT2D eigenvalue weighted by molar-refractivity contribution is 6.42. The van der Waals surface area contributed by atoms with Crippen molar-refractivity contribution in [3.63, 3.8) is 0 Å². The van der Waals surface area contributed by atoms with Gasteiger partial charge in [-0.2, -0.15) is 0 Å². The van der Waals surface area contributed by atoms with Gasteiger partial charge in [-0.3, -0.25) is 0 Å². The third kappa shape index (κ3) is 3.32. The zero-order valence-electron chi connectivity index (χ0n) is 11.4. The lowest BCUT2D eigenvalue weighted by atomic mass is 9.97. The highest BCUT2D eigenvalue weighted by Gasteiger charge is 2.14. The molecule has 20 heavy (non-hydrogen) atoms. The van der Waals surface area contributed by atoms with Gasteiger partial charge in [-0.1, -0.05) is 47.5 Å². The molecule has 0 heterocycles. The van der Waals surface area contributed by atoms with Crippen LogP contribution in [0.5, 0.6) is 0 Å². The summed E-state index contributed by atoms with van der Waals surface area (Å²) in [5.74, 6) is -0.190. The fourth-order valence-corrected chi connectivity index (χ4v) is 2.59. The standard InChI is InChI=1S/C16H16Cl2FN/c1-10-8-11(6-7-14(10)19)15(20-2)9-12-4-3-5-13(17)16(12)18/h3-8,15,20H,9H2,1-2H3. The molecule has 2 aromatic carbocycles. The first-order valence-electron chi connectivity index (χ1n) is 6.39. The van der Waals surface area contributed by atoms with E-state index in [1.165, 1.54) is 6.07 Å². The van der Waals surface area contributed by atoms with Crippen LogP contribution in [0.2, 0.25) is 10.0 Å². The summed E-state index contributed by atoms with van der Waals surface area (Å²) in [6.45, 7) is 1.76. The SMILES string of the molecule is CNC(Cc1cccc(Cl)c1Cl)c1ccc(F)c(C)c1. The quantitative estimate of drug-likeness (QED) is 0.843. The molecule has 0 spiro atoms. The maximum absolute atomic E-state index is 13.4. The van der Waals surface area contributed by atoms with Crippen LogP contribution < -0.4 is 5.32 Å². The zero-order valence-corrected chi connectivity index (χ0v) is 12.9. The van der Waals surface area contributed by atoms with Gasteiger partial charge < -0.3 is 5.32 Å². The van der Waals surface area contributed by atoms with Crippen molar-refractivity contribution in [2.24, 2.45) is 0 Å². The average Bonchev–Trinajstić information content (AvgIpc) is 2.44. The van der Waals surface area contributed by atoms with Gasteiger partial charge in [0.2, 0.25) is 0 Å². The van der Waals surface area contributed by atoms with Gasteiger partial charge in [-0.15, -0.1) is 0 Å². The molecule has 1 unspecified atom stereocenters. The topological polar surface area (TPSA) is 12.0 Å². The molecule has 4 heteroatoms. The largest absolute Gasteiger partial charge is 0.313 e. The van der Waals surface area contributed by atoms with E-state index in [0.29, 0.717) is 22.0 Å². The van der Waals surface area contributed by atoms with Gasteiger partial charge in [0.1, 0.15) is 5.82 Å². The molecule has 1 N–H and O–H groups in total. The van der Waals surface area contributed by atoms with Crippen LogP contribution in [-0.4, -0.2) is 7.05 Å². The van der Waals surface area contributed by atoms with Crippen molar-refractivity contribution in [1.29, 1.82) is 0 Å². The Labute approximate surface area is 128 Å². The van der Waals surface area contributed by atoms with Crippen molar-refractivity contribution < 1.29 is 4.39 Å². The van der Waals surface area contributed by atoms with Crippen LogP contribution in [0.25, 0.3) is 0 Å². The summed E-state index contributed by atoms with van der Waals surface area (Å²) >= 11 is 12.2. The Balaban J connectivity index is 2.28. The fraction of sp³-hybridized carbons (Fsp3) is 0.250. The Morgan fingerprint density at radius 2 is 1.95 bits per heavy atom. The van der Waals surface area contributed by atoms with Gasteiger partial charge in [0, 0.05) is 6.04 Å². The molecule has 1 atom stereocenters. The Bertz CT molecular complexity index is 613. The van der Waals surface area contributed by atoms with Gasteiger partial charge >= 0.3 is 0 Å². The van der Waals surface area contributed by atoms with E-state index >= 15 is 0 Å². The fourth-order valence-electron chi connectivity index (χ4n) is 2.20. The molecular weight excluding hydrogens is 296 g/mol. The van der Waals surface area contributed by atoms with E-state index in [1.54, 1.807) is 19.1 Å². The van der Waals surface area contributed by atoms with Crippen LogP contribution in [0.3, 0.4) is 0 Å². The number of hydrogen-bond donors (Lipinski definition) is 1. The third-order valence-corrected chi connectivity index (χ3v) is 4.25. The lowest BCUT2D eigenvalue weighted by Gasteiger charge is -2.18. The Kier molecular flexibility index (Phi) is 5.03. The summed E-state index contributed by atoms with van der Waals surface area (Å²) in [6.07, 6.45) is 0.695. The van der Waals surface area contributed by atoms with Crippen LogP contribution in [0.4, 0.5) is 4.39 Å². The molecule has 0 saturated heterocycles. The number of benzene rings is 2. The minimum absolute atomic E-state index is 0.0604. The first-order chi connectivity index (χ1) is 9.52. The van der Waals surface area contributed by atoms with E-state index < -0.39 is 0 Å². The molecule has 2 aromatic rings. The van der Waals surface area contributed by atoms with Crippen LogP contribution >= 0.6 is 23.2 Å². The van der Waals surface area contributed by atoms with Gasteiger partial charge in [0.25, 0.3) is 0 Å². The van der Waals surface area contributed by atoms with Crippen molar-refractivity contribution in [3.05, 3.63) is 69.0 Å². The number of likely N-dealkylation sites (N-methyl/N-ethyl adjacent to an activating group) is 1. The second-order valence-electron chi connectivity index (χ2n) is 4.77. The summed E-state index contributed by atoms with van der Waals surface area (Å²) in [5.41, 5.74) is 2.64. The predicted molar refractivity (Wildman–Crippen MR) is 83.1 cm³/mol. The Morgan fingerprint density at radius 3 is 2.60 bits per heavy atom. The smallest absolute Gasteiger partial charge is 0.126 e. The van der Waals surface area contributed by atoms with Crippen molar-refractivity contribution >= 4 is 23.2 Å². The third-order valence-electron chi connectivity index (χ3n) is 3.39. The van der Waals surface area contributed by atoms with Gasteiger partial charge in [0.15, 0.2) is 0 Å². The highest BCUT2D eigenvalue weighted by Crippen LogP contribution is 2.29. The molecule has 0 aromatic heterocycles. The minimum atomic E-state index is -0.190. The summed E-state index contributed by atoms with van der Waals surface area (Å²) < 4.78 is 13.4. The summed E-state index contributed by atoms with van der Waals surface area (Å²) in [4.78, 5) is 0. The van der Waals surface area contributed by atoms with E-state index in [4.69, 9.17) is 23.2 Å². The summed E-state index contributed by atoms with van der Waals surface area (Å²) in [5, 5.41) is 4.36. The molecule has 0 saturated carbocycles. The predicted octanol–water partition coefficient (Wildman–Crippen LogP) is 4.94. The van der Waals surface area contributed by atoms with E-state index in [9.17, 15) is 4.39 Å². The normalized spacial score (nSPS) is 12.4. The average molecular weight is 312 g/mol. The molecule has 0 aliphatic carbocycles. The molecule has 0 fully saturated rings. The van der Waals surface area contributed by atoms with Crippen LogP contribution in [0.15, 0.2) is 36.4 Å². The zero-order chi connectivity index (χ0) is 14.7. The van der Waals surface area contributed by atoms with E-state index in [2.05, 4.69) is 5.32 Å². The maximum atomic E-state index is 13.4.